The Morgan fingerprint density at radius 1 is 0.290 bits per heavy atom. The first-order valence-electron chi connectivity index (χ1n) is 36.1. The average molecular weight is 1360 g/mol. The molecule has 0 saturated heterocycles. The van der Waals surface area contributed by atoms with Gasteiger partial charge in [-0.1, -0.05) is 230 Å². The van der Waals surface area contributed by atoms with Crippen molar-refractivity contribution in [2.75, 3.05) is 26.4 Å². The van der Waals surface area contributed by atoms with E-state index in [0.29, 0.717) is 25.7 Å². The van der Waals surface area contributed by atoms with Crippen molar-refractivity contribution < 1.29 is 64.1 Å². The first-order chi connectivity index (χ1) is 44.6. The van der Waals surface area contributed by atoms with E-state index < -0.39 is 53.9 Å². The Kier molecular flexibility index (Phi) is 59.5. The monoisotopic (exact) mass is 1360 g/mol. The van der Waals surface area contributed by atoms with E-state index in [1.165, 1.54) is 141 Å². The zero-order valence-electron chi connectivity index (χ0n) is 58.3. The van der Waals surface area contributed by atoms with Crippen molar-refractivity contribution in [2.24, 2.45) is 0 Å². The number of esters is 4. The molecule has 0 aliphatic rings. The summed E-state index contributed by atoms with van der Waals surface area (Å²) in [5.41, 5.74) is -0.715. The van der Waals surface area contributed by atoms with Crippen LogP contribution in [0.1, 0.15) is 352 Å². The van der Waals surface area contributed by atoms with E-state index in [4.69, 9.17) is 18.9 Å². The molecule has 2 aromatic rings. The Bertz CT molecular complexity index is 2400. The van der Waals surface area contributed by atoms with Crippen molar-refractivity contribution >= 4 is 81.9 Å². The van der Waals surface area contributed by atoms with Gasteiger partial charge in [-0.2, -0.15) is 0 Å². The molecule has 0 amide bonds. The predicted molar refractivity (Wildman–Crippen MR) is 378 cm³/mol. The third-order valence-electron chi connectivity index (χ3n) is 16.0. The van der Waals surface area contributed by atoms with Crippen LogP contribution in [0.15, 0.2) is 94.8 Å². The van der Waals surface area contributed by atoms with Gasteiger partial charge in [0.1, 0.15) is 20.2 Å². The number of benzene rings is 2. The summed E-state index contributed by atoms with van der Waals surface area (Å²) < 4.78 is 90.9. The van der Waals surface area contributed by atoms with Crippen molar-refractivity contribution in [3.05, 3.63) is 107 Å². The number of hydrogen-bond donors (Lipinski definition) is 0. The number of hydrogen-bond acceptors (Lipinski definition) is 14. The Morgan fingerprint density at radius 3 is 0.677 bits per heavy atom. The molecule has 0 saturated carbocycles. The fourth-order valence-electron chi connectivity index (χ4n) is 10.3. The molecule has 0 bridgehead atoms. The molecule has 0 heterocycles. The summed E-state index contributed by atoms with van der Waals surface area (Å²) in [5, 5.41) is 0. The van der Waals surface area contributed by atoms with Crippen LogP contribution in [0.2, 0.25) is 0 Å². The van der Waals surface area contributed by atoms with Crippen LogP contribution in [-0.2, 0) is 39.2 Å². The second-order valence-corrected chi connectivity index (χ2v) is 27.1. The van der Waals surface area contributed by atoms with Crippen LogP contribution in [0.4, 0.5) is 0 Å². The van der Waals surface area contributed by atoms with Crippen molar-refractivity contribution in [2.45, 2.75) is 320 Å². The van der Waals surface area contributed by atoms with Gasteiger partial charge in [0, 0.05) is 0 Å². The van der Waals surface area contributed by atoms with Crippen LogP contribution in [0, 0.1) is 0 Å². The Hall–Kier alpha value is -3.64. The number of ether oxygens (including phenoxy) is 4. The van der Waals surface area contributed by atoms with Crippen molar-refractivity contribution in [3.63, 3.8) is 0 Å². The van der Waals surface area contributed by atoms with E-state index in [0.717, 1.165) is 152 Å². The van der Waals surface area contributed by atoms with Gasteiger partial charge < -0.3 is 28.1 Å². The minimum atomic E-state index is -4.81. The van der Waals surface area contributed by atoms with E-state index in [-0.39, 0.29) is 86.4 Å². The molecule has 0 N–H and O–H groups in total. The topological polar surface area (TPSA) is 220 Å². The number of carbonyl (C=O) groups excluding carboxylic acids is 4. The molecule has 2 aromatic carbocycles. The zero-order valence-corrected chi connectivity index (χ0v) is 62.1. The second-order valence-electron chi connectivity index (χ2n) is 24.4. The first kappa shape index (κ1) is 89.4. The largest absolute Gasteiger partial charge is 2.00 e. The molecule has 0 aliphatic heterocycles. The van der Waals surface area contributed by atoms with Crippen molar-refractivity contribution in [3.8, 4) is 0 Å². The molecule has 0 spiro atoms. The molecule has 0 atom stereocenters. The minimum absolute atomic E-state index is 0. The average Bonchev–Trinajstić information content (AvgIpc) is 0.860. The number of carbonyl (C=O) groups is 4. The Labute approximate surface area is 595 Å². The summed E-state index contributed by atoms with van der Waals surface area (Å²) in [5.74, 6) is -3.13. The molecule has 17 heteroatoms. The maximum atomic E-state index is 12.8. The van der Waals surface area contributed by atoms with Crippen LogP contribution < -0.4 is 0 Å². The molecule has 0 fully saturated rings. The molecule has 0 unspecified atom stereocenters. The normalized spacial score (nSPS) is 11.8. The number of unbranched alkanes of at least 4 members (excludes halogenated alkanes) is 36. The van der Waals surface area contributed by atoms with Crippen LogP contribution in [0.25, 0.3) is 0 Å². The van der Waals surface area contributed by atoms with Gasteiger partial charge in [0.15, 0.2) is 0 Å². The van der Waals surface area contributed by atoms with Gasteiger partial charge in [0.05, 0.1) is 58.5 Å². The second kappa shape index (κ2) is 61.9. The van der Waals surface area contributed by atoms with Gasteiger partial charge in [0.25, 0.3) is 0 Å². The van der Waals surface area contributed by atoms with Gasteiger partial charge in [-0.05, 0) is 165 Å². The van der Waals surface area contributed by atoms with Crippen LogP contribution in [0.5, 0.6) is 0 Å². The Morgan fingerprint density at radius 2 is 0.473 bits per heavy atom. The fourth-order valence-corrected chi connectivity index (χ4v) is 11.3. The zero-order chi connectivity index (χ0) is 67.4. The van der Waals surface area contributed by atoms with Gasteiger partial charge >= 0.3 is 61.6 Å². The molecular formula is C76H122CaO14S2. The summed E-state index contributed by atoms with van der Waals surface area (Å²) in [4.78, 5) is 50.1. The van der Waals surface area contributed by atoms with Gasteiger partial charge in [0.2, 0.25) is 0 Å². The molecular weight excluding hydrogens is 1240 g/mol. The third kappa shape index (κ3) is 50.4. The van der Waals surface area contributed by atoms with Crippen molar-refractivity contribution in [1.29, 1.82) is 0 Å². The van der Waals surface area contributed by atoms with Crippen molar-refractivity contribution in [1.82, 2.24) is 0 Å². The SMILES string of the molecule is CCCCC/C=C/CCCCCCCCOC(=O)c1ccc(S(=O)(=O)[O-])cc1C(=O)OCCCCCCCC/C=C/CCCCC.CCCCC/C=C/CCCCCCCCOC(=O)c1ccc(S(=O)(=O)[O-])cc1C(=O)OCCCCCCCC/C=C/CCCCC.[Ca+2]. The molecule has 0 aliphatic carbocycles. The fraction of sp³-hybridized carbons (Fsp3) is 0.684. The maximum Gasteiger partial charge on any atom is 2.00 e. The number of rotatable bonds is 58. The summed E-state index contributed by atoms with van der Waals surface area (Å²) >= 11 is 0. The van der Waals surface area contributed by atoms with Gasteiger partial charge in [-0.3, -0.25) is 0 Å². The molecule has 2 rings (SSSR count). The molecule has 14 nitrogen and oxygen atoms in total. The summed E-state index contributed by atoms with van der Waals surface area (Å²) in [6, 6.07) is 6.20. The van der Waals surface area contributed by atoms with E-state index >= 15 is 0 Å². The van der Waals surface area contributed by atoms with E-state index in [9.17, 15) is 45.1 Å². The summed E-state index contributed by atoms with van der Waals surface area (Å²) in [6.45, 7) is 9.56. The predicted octanol–water partition coefficient (Wildman–Crippen LogP) is 20.9. The van der Waals surface area contributed by atoms with E-state index in [1.54, 1.807) is 0 Å². The van der Waals surface area contributed by atoms with Gasteiger partial charge in [-0.15, -0.1) is 0 Å². The van der Waals surface area contributed by atoms with E-state index in [1.807, 2.05) is 0 Å². The Balaban J connectivity index is 0.00000180. The first-order valence-corrected chi connectivity index (χ1v) is 38.9. The standard InChI is InChI=1S/2C38H62O7S.Ca/c2*1-3-5-7-9-11-13-15-17-19-21-23-25-27-31-44-37(39)35-30-29-34(46(41,42)43)33-36(35)38(40)45-32-28-26-24-22-20-18-16-14-12-10-8-6-4-2;/h2*11-14,29-30,33H,3-10,15-28,31-32H2,1-2H3,(H,41,42,43);/q;;+2/p-2/b2*13-11+,14-12+;. The van der Waals surface area contributed by atoms with Gasteiger partial charge in [-0.25, -0.2) is 36.0 Å². The van der Waals surface area contributed by atoms with Crippen LogP contribution >= 0.6 is 0 Å². The number of allylic oxidation sites excluding steroid dienone is 8. The molecule has 0 aromatic heterocycles. The molecule has 0 radical (unpaired) electrons. The van der Waals surface area contributed by atoms with Crippen LogP contribution in [-0.4, -0.2) is 114 Å². The smallest absolute Gasteiger partial charge is 0.744 e. The van der Waals surface area contributed by atoms with Crippen LogP contribution in [0.3, 0.4) is 0 Å². The quantitative estimate of drug-likeness (QED) is 0.0150. The minimum Gasteiger partial charge on any atom is -0.744 e. The van der Waals surface area contributed by atoms with E-state index in [2.05, 4.69) is 76.3 Å². The summed E-state index contributed by atoms with van der Waals surface area (Å²) in [7, 11) is -9.62. The molecule has 93 heavy (non-hydrogen) atoms. The summed E-state index contributed by atoms with van der Waals surface area (Å²) in [6.07, 6.45) is 67.2. The maximum absolute atomic E-state index is 12.8. The third-order valence-corrected chi connectivity index (χ3v) is 17.7. The molecule has 524 valence electrons.